The third-order valence-electron chi connectivity index (χ3n) is 2.96. The molecule has 2 heteroatoms. The molecule has 0 aliphatic heterocycles. The summed E-state index contributed by atoms with van der Waals surface area (Å²) in [5.74, 6) is 0. The zero-order chi connectivity index (χ0) is 10.9. The Labute approximate surface area is 94.7 Å². The Morgan fingerprint density at radius 3 is 1.21 bits per heavy atom. The van der Waals surface area contributed by atoms with Crippen molar-refractivity contribution in [1.82, 2.24) is 0 Å². The van der Waals surface area contributed by atoms with Gasteiger partial charge in [-0.1, -0.05) is 0 Å². The van der Waals surface area contributed by atoms with Gasteiger partial charge in [0.25, 0.3) is 0 Å². The quantitative estimate of drug-likeness (QED) is 0.547. The number of hydrogen-bond acceptors (Lipinski definition) is 0. The molecule has 0 aliphatic rings. The first-order chi connectivity index (χ1) is 6.68. The van der Waals surface area contributed by atoms with Crippen molar-refractivity contribution in [1.29, 1.82) is 0 Å². The van der Waals surface area contributed by atoms with E-state index in [2.05, 4.69) is 20.8 Å². The van der Waals surface area contributed by atoms with Crippen LogP contribution in [0.25, 0.3) is 0 Å². The van der Waals surface area contributed by atoms with Gasteiger partial charge in [0, 0.05) is 0 Å². The van der Waals surface area contributed by atoms with Gasteiger partial charge in [-0.3, -0.25) is 0 Å². The molecule has 0 aromatic heterocycles. The van der Waals surface area contributed by atoms with Crippen LogP contribution in [0.5, 0.6) is 0 Å². The van der Waals surface area contributed by atoms with Gasteiger partial charge in [-0.2, -0.15) is 0 Å². The molecule has 0 aromatic carbocycles. The molecule has 14 heavy (non-hydrogen) atoms. The molecule has 0 saturated carbocycles. The molecule has 0 atom stereocenters. The maximum absolute atomic E-state index is 12.6. The molecule has 0 saturated heterocycles. The molecule has 0 rings (SSSR count). The Balaban J connectivity index is 3.89. The molecule has 0 amide bonds. The molecular weight excluding hydrogens is 279 g/mol. The average molecular weight is 306 g/mol. The summed E-state index contributed by atoms with van der Waals surface area (Å²) in [6.07, 6.45) is 7.23. The molecule has 0 bridgehead atoms. The maximum atomic E-state index is 12.6. The standard InChI is InChI=1S/3C4H9.O.Sn/c3*1-3-4-2;;/h3*1,3-4H2,2H3;;. The average Bonchev–Trinajstić information content (AvgIpc) is 2.21. The minimum absolute atomic E-state index is 1.10. The van der Waals surface area contributed by atoms with Crippen LogP contribution in [0.1, 0.15) is 59.3 Å². The molecule has 1 radical (unpaired) electrons. The Hall–Kier alpha value is 0.759. The third kappa shape index (κ3) is 7.10. The number of rotatable bonds is 9. The van der Waals surface area contributed by atoms with Crippen LogP contribution in [0, 0.1) is 0 Å². The number of hydrogen-bond donors (Lipinski definition) is 0. The molecule has 85 valence electrons. The van der Waals surface area contributed by atoms with Crippen LogP contribution in [0.2, 0.25) is 13.3 Å². The van der Waals surface area contributed by atoms with Crippen molar-refractivity contribution in [2.45, 2.75) is 72.6 Å². The zero-order valence-corrected chi connectivity index (χ0v) is 13.1. The Morgan fingerprint density at radius 2 is 1.00 bits per heavy atom. The molecular formula is C12H27OSn. The number of unbranched alkanes of at least 4 members (excludes halogenated alkanes) is 3. The van der Waals surface area contributed by atoms with Crippen molar-refractivity contribution in [2.24, 2.45) is 0 Å². The summed E-state index contributed by atoms with van der Waals surface area (Å²) < 4.78 is 15.9. The predicted molar refractivity (Wildman–Crippen MR) is 65.6 cm³/mol. The van der Waals surface area contributed by atoms with E-state index < -0.39 is 18.8 Å². The topological polar surface area (TPSA) is 19.9 Å². The van der Waals surface area contributed by atoms with E-state index in [4.69, 9.17) is 0 Å². The molecule has 0 aromatic rings. The molecule has 0 fully saturated rings. The fraction of sp³-hybridized carbons (Fsp3) is 1.00. The van der Waals surface area contributed by atoms with Crippen molar-refractivity contribution in [2.75, 3.05) is 0 Å². The van der Waals surface area contributed by atoms with Gasteiger partial charge in [-0.15, -0.1) is 0 Å². The van der Waals surface area contributed by atoms with Gasteiger partial charge >= 0.3 is 94.8 Å². The van der Waals surface area contributed by atoms with E-state index in [0.717, 1.165) is 13.3 Å². The summed E-state index contributed by atoms with van der Waals surface area (Å²) in [6.45, 7) is 6.60. The Bertz CT molecular complexity index is 104. The van der Waals surface area contributed by atoms with E-state index in [-0.39, 0.29) is 0 Å². The Morgan fingerprint density at radius 1 is 0.714 bits per heavy atom. The van der Waals surface area contributed by atoms with Gasteiger partial charge in [0.05, 0.1) is 0 Å². The fourth-order valence-corrected chi connectivity index (χ4v) is 12.6. The van der Waals surface area contributed by atoms with Crippen LogP contribution in [-0.2, 0) is 3.44 Å². The summed E-state index contributed by atoms with van der Waals surface area (Å²) in [5, 5.41) is 0. The Kier molecular flexibility index (Phi) is 9.51. The van der Waals surface area contributed by atoms with E-state index in [1.54, 1.807) is 0 Å². The summed E-state index contributed by atoms with van der Waals surface area (Å²) in [6, 6.07) is 0. The first kappa shape index (κ1) is 14.8. The van der Waals surface area contributed by atoms with Crippen molar-refractivity contribution >= 4 is 18.8 Å². The van der Waals surface area contributed by atoms with Crippen molar-refractivity contribution in [3.8, 4) is 0 Å². The molecule has 0 heterocycles. The van der Waals surface area contributed by atoms with Crippen LogP contribution in [0.3, 0.4) is 0 Å². The fourth-order valence-electron chi connectivity index (χ4n) is 1.87. The van der Waals surface area contributed by atoms with E-state index in [1.807, 2.05) is 0 Å². The summed E-state index contributed by atoms with van der Waals surface area (Å²) in [7, 11) is 0. The van der Waals surface area contributed by atoms with Gasteiger partial charge in [-0.25, -0.2) is 0 Å². The van der Waals surface area contributed by atoms with E-state index >= 15 is 0 Å². The molecule has 0 N–H and O–H groups in total. The predicted octanol–water partition coefficient (Wildman–Crippen LogP) is 4.76. The summed E-state index contributed by atoms with van der Waals surface area (Å²) >= 11 is -2.81. The van der Waals surface area contributed by atoms with Crippen LogP contribution < -0.4 is 0 Å². The van der Waals surface area contributed by atoms with Gasteiger partial charge in [0.2, 0.25) is 0 Å². The second-order valence-corrected chi connectivity index (χ2v) is 15.5. The van der Waals surface area contributed by atoms with Crippen molar-refractivity contribution < 1.29 is 3.44 Å². The van der Waals surface area contributed by atoms with Gasteiger partial charge in [0.15, 0.2) is 0 Å². The first-order valence-corrected chi connectivity index (χ1v) is 13.6. The van der Waals surface area contributed by atoms with Crippen molar-refractivity contribution in [3.63, 3.8) is 0 Å². The van der Waals surface area contributed by atoms with Crippen molar-refractivity contribution in [3.05, 3.63) is 0 Å². The molecule has 0 aliphatic carbocycles. The molecule has 1 nitrogen and oxygen atoms in total. The van der Waals surface area contributed by atoms with Crippen LogP contribution >= 0.6 is 0 Å². The second kappa shape index (κ2) is 9.02. The second-order valence-electron chi connectivity index (χ2n) is 4.49. The van der Waals surface area contributed by atoms with Crippen LogP contribution in [0.15, 0.2) is 0 Å². The normalized spacial score (nSPS) is 12.0. The van der Waals surface area contributed by atoms with Crippen LogP contribution in [0.4, 0.5) is 0 Å². The van der Waals surface area contributed by atoms with E-state index in [1.165, 1.54) is 38.5 Å². The van der Waals surface area contributed by atoms with Gasteiger partial charge in [-0.05, 0) is 0 Å². The van der Waals surface area contributed by atoms with Crippen LogP contribution in [-0.4, -0.2) is 18.8 Å². The van der Waals surface area contributed by atoms with E-state index in [9.17, 15) is 3.44 Å². The summed E-state index contributed by atoms with van der Waals surface area (Å²) in [5.41, 5.74) is 0. The molecule has 0 spiro atoms. The SMILES string of the molecule is CCC[CH2][Sn]([O])([CH2]CCC)[CH2]CCC. The zero-order valence-electron chi connectivity index (χ0n) is 10.3. The minimum atomic E-state index is -2.81. The third-order valence-corrected chi connectivity index (χ3v) is 13.8. The van der Waals surface area contributed by atoms with Gasteiger partial charge in [0.1, 0.15) is 0 Å². The molecule has 0 unspecified atom stereocenters. The van der Waals surface area contributed by atoms with E-state index in [0.29, 0.717) is 0 Å². The first-order valence-electron chi connectivity index (χ1n) is 6.39. The van der Waals surface area contributed by atoms with Gasteiger partial charge < -0.3 is 0 Å². The summed E-state index contributed by atoms with van der Waals surface area (Å²) in [4.78, 5) is 0. The monoisotopic (exact) mass is 307 g/mol.